The maximum absolute atomic E-state index is 12.2. The number of morpholine rings is 1. The van der Waals surface area contributed by atoms with Gasteiger partial charge in [0.15, 0.2) is 0 Å². The highest BCUT2D eigenvalue weighted by atomic mass is 16.5. The molecule has 0 bridgehead atoms. The Kier molecular flexibility index (Phi) is 7.08. The zero-order chi connectivity index (χ0) is 20.6. The Morgan fingerprint density at radius 1 is 1.10 bits per heavy atom. The smallest absolute Gasteiger partial charge is 0.319 e. The second-order valence-electron chi connectivity index (χ2n) is 7.16. The summed E-state index contributed by atoms with van der Waals surface area (Å²) >= 11 is 0. The normalized spacial score (nSPS) is 14.8. The van der Waals surface area contributed by atoms with E-state index in [4.69, 9.17) is 4.74 Å². The first-order chi connectivity index (χ1) is 14.0. The lowest BCUT2D eigenvalue weighted by Crippen LogP contribution is -2.39. The van der Waals surface area contributed by atoms with Crippen molar-refractivity contribution in [1.82, 2.24) is 10.6 Å². The number of nitrogens with zero attached hydrogens (tertiary/aromatic N) is 1. The van der Waals surface area contributed by atoms with Crippen LogP contribution in [-0.2, 0) is 9.53 Å². The van der Waals surface area contributed by atoms with E-state index >= 15 is 0 Å². The Bertz CT molecular complexity index is 832. The Morgan fingerprint density at radius 2 is 1.83 bits per heavy atom. The van der Waals surface area contributed by atoms with Crippen LogP contribution in [0.4, 0.5) is 16.2 Å². The summed E-state index contributed by atoms with van der Waals surface area (Å²) < 4.78 is 5.38. The van der Waals surface area contributed by atoms with Crippen molar-refractivity contribution in [3.63, 3.8) is 0 Å². The molecule has 0 aliphatic carbocycles. The fraction of sp³-hybridized carbons (Fsp3) is 0.364. The van der Waals surface area contributed by atoms with Gasteiger partial charge >= 0.3 is 6.03 Å². The number of benzene rings is 2. The summed E-state index contributed by atoms with van der Waals surface area (Å²) in [5.41, 5.74) is 3.91. The molecule has 2 aromatic carbocycles. The maximum atomic E-state index is 12.2. The molecule has 2 aromatic rings. The third-order valence-corrected chi connectivity index (χ3v) is 4.83. The van der Waals surface area contributed by atoms with E-state index in [0.717, 1.165) is 43.1 Å². The summed E-state index contributed by atoms with van der Waals surface area (Å²) in [6.07, 6.45) is 0. The zero-order valence-electron chi connectivity index (χ0n) is 16.9. The van der Waals surface area contributed by atoms with Crippen molar-refractivity contribution in [1.29, 1.82) is 0 Å². The van der Waals surface area contributed by atoms with Gasteiger partial charge in [0.05, 0.1) is 25.8 Å². The summed E-state index contributed by atoms with van der Waals surface area (Å²) in [6, 6.07) is 15.1. The fourth-order valence-corrected chi connectivity index (χ4v) is 3.23. The number of anilines is 2. The van der Waals surface area contributed by atoms with Crippen LogP contribution in [-0.4, -0.2) is 44.8 Å². The van der Waals surface area contributed by atoms with E-state index in [1.165, 1.54) is 0 Å². The average molecular weight is 396 g/mol. The first-order valence-electron chi connectivity index (χ1n) is 9.85. The largest absolute Gasteiger partial charge is 0.378 e. The predicted octanol–water partition coefficient (Wildman–Crippen LogP) is 2.83. The monoisotopic (exact) mass is 396 g/mol. The molecule has 1 aliphatic heterocycles. The van der Waals surface area contributed by atoms with Gasteiger partial charge < -0.3 is 25.6 Å². The molecular formula is C22H28N4O3. The number of aryl methyl sites for hydroxylation is 1. The van der Waals surface area contributed by atoms with Crippen LogP contribution in [0.2, 0.25) is 0 Å². The molecule has 1 atom stereocenters. The lowest BCUT2D eigenvalue weighted by Gasteiger charge is -2.29. The summed E-state index contributed by atoms with van der Waals surface area (Å²) in [4.78, 5) is 26.4. The number of nitrogens with one attached hydrogen (secondary N) is 3. The number of carbonyl (C=O) groups excluding carboxylic acids is 2. The molecule has 0 aromatic heterocycles. The molecule has 7 heteroatoms. The summed E-state index contributed by atoms with van der Waals surface area (Å²) in [5, 5.41) is 8.20. The molecule has 7 nitrogen and oxygen atoms in total. The molecule has 1 saturated heterocycles. The van der Waals surface area contributed by atoms with Gasteiger partial charge in [-0.3, -0.25) is 4.79 Å². The Hall–Kier alpha value is -3.06. The van der Waals surface area contributed by atoms with E-state index in [0.29, 0.717) is 5.69 Å². The van der Waals surface area contributed by atoms with Crippen molar-refractivity contribution in [2.24, 2.45) is 0 Å². The first-order valence-corrected chi connectivity index (χ1v) is 9.85. The first kappa shape index (κ1) is 20.7. The van der Waals surface area contributed by atoms with E-state index in [-0.39, 0.29) is 18.5 Å². The van der Waals surface area contributed by atoms with Gasteiger partial charge in [-0.15, -0.1) is 0 Å². The van der Waals surface area contributed by atoms with Gasteiger partial charge in [-0.2, -0.15) is 0 Å². The van der Waals surface area contributed by atoms with Crippen LogP contribution in [0.3, 0.4) is 0 Å². The zero-order valence-corrected chi connectivity index (χ0v) is 16.9. The number of carbonyl (C=O) groups is 2. The number of hydrogen-bond acceptors (Lipinski definition) is 4. The van der Waals surface area contributed by atoms with E-state index in [2.05, 4.69) is 33.0 Å². The molecular weight excluding hydrogens is 368 g/mol. The molecule has 0 saturated carbocycles. The van der Waals surface area contributed by atoms with Crippen molar-refractivity contribution < 1.29 is 14.3 Å². The number of hydrogen-bond donors (Lipinski definition) is 3. The van der Waals surface area contributed by atoms with Crippen LogP contribution in [0.15, 0.2) is 48.5 Å². The molecule has 1 aliphatic rings. The molecule has 3 amide bonds. The van der Waals surface area contributed by atoms with E-state index in [1.807, 2.05) is 44.2 Å². The predicted molar refractivity (Wildman–Crippen MR) is 114 cm³/mol. The van der Waals surface area contributed by atoms with Gasteiger partial charge in [0.1, 0.15) is 0 Å². The van der Waals surface area contributed by atoms with E-state index in [9.17, 15) is 9.59 Å². The third kappa shape index (κ3) is 6.22. The van der Waals surface area contributed by atoms with Crippen LogP contribution < -0.4 is 20.9 Å². The molecule has 1 heterocycles. The number of amides is 3. The Morgan fingerprint density at radius 3 is 2.52 bits per heavy atom. The second kappa shape index (κ2) is 9.93. The van der Waals surface area contributed by atoms with Crippen LogP contribution in [0, 0.1) is 6.92 Å². The second-order valence-corrected chi connectivity index (χ2v) is 7.16. The highest BCUT2D eigenvalue weighted by Gasteiger charge is 2.14. The summed E-state index contributed by atoms with van der Waals surface area (Å²) in [6.45, 7) is 7.06. The van der Waals surface area contributed by atoms with Gasteiger partial charge in [-0.1, -0.05) is 24.3 Å². The highest BCUT2D eigenvalue weighted by Crippen LogP contribution is 2.20. The minimum Gasteiger partial charge on any atom is -0.378 e. The number of urea groups is 1. The number of ether oxygens (including phenoxy) is 1. The third-order valence-electron chi connectivity index (χ3n) is 4.83. The fourth-order valence-electron chi connectivity index (χ4n) is 3.23. The van der Waals surface area contributed by atoms with Gasteiger partial charge in [0.25, 0.3) is 0 Å². The van der Waals surface area contributed by atoms with Gasteiger partial charge in [-0.05, 0) is 49.2 Å². The molecule has 3 rings (SSSR count). The highest BCUT2D eigenvalue weighted by molar-refractivity contribution is 5.92. The molecule has 29 heavy (non-hydrogen) atoms. The summed E-state index contributed by atoms with van der Waals surface area (Å²) in [7, 11) is 0. The van der Waals surface area contributed by atoms with Gasteiger partial charge in [0.2, 0.25) is 5.91 Å². The SMILES string of the molecule is Cc1cccc(NC(=O)NCC(=O)NC(C)c2ccc(N3CCOCC3)cc2)c1. The van der Waals surface area contributed by atoms with Crippen LogP contribution >= 0.6 is 0 Å². The molecule has 154 valence electrons. The molecule has 0 spiro atoms. The molecule has 1 unspecified atom stereocenters. The van der Waals surface area contributed by atoms with E-state index in [1.54, 1.807) is 6.07 Å². The lowest BCUT2D eigenvalue weighted by molar-refractivity contribution is -0.120. The Labute approximate surface area is 171 Å². The molecule has 1 fully saturated rings. The quantitative estimate of drug-likeness (QED) is 0.701. The van der Waals surface area contributed by atoms with Crippen molar-refractivity contribution in [2.45, 2.75) is 19.9 Å². The van der Waals surface area contributed by atoms with Gasteiger partial charge in [0, 0.05) is 24.5 Å². The standard InChI is InChI=1S/C22H28N4O3/c1-16-4-3-5-19(14-16)25-22(28)23-15-21(27)24-17(2)18-6-8-20(9-7-18)26-10-12-29-13-11-26/h3-9,14,17H,10-13,15H2,1-2H3,(H,24,27)(H2,23,25,28). The average Bonchev–Trinajstić information content (AvgIpc) is 2.73. The number of rotatable bonds is 6. The van der Waals surface area contributed by atoms with Gasteiger partial charge in [-0.25, -0.2) is 4.79 Å². The summed E-state index contributed by atoms with van der Waals surface area (Å²) in [5.74, 6) is -0.242. The van der Waals surface area contributed by atoms with Crippen molar-refractivity contribution >= 4 is 23.3 Å². The maximum Gasteiger partial charge on any atom is 0.319 e. The minimum absolute atomic E-state index is 0.0894. The van der Waals surface area contributed by atoms with E-state index < -0.39 is 6.03 Å². The van der Waals surface area contributed by atoms with Crippen LogP contribution in [0.1, 0.15) is 24.1 Å². The lowest BCUT2D eigenvalue weighted by atomic mass is 10.1. The Balaban J connectivity index is 1.44. The van der Waals surface area contributed by atoms with Crippen LogP contribution in [0.25, 0.3) is 0 Å². The topological polar surface area (TPSA) is 82.7 Å². The molecule has 0 radical (unpaired) electrons. The van der Waals surface area contributed by atoms with Crippen molar-refractivity contribution in [3.8, 4) is 0 Å². The molecule has 3 N–H and O–H groups in total. The minimum atomic E-state index is -0.409. The van der Waals surface area contributed by atoms with Crippen molar-refractivity contribution in [3.05, 3.63) is 59.7 Å². The van der Waals surface area contributed by atoms with Crippen molar-refractivity contribution in [2.75, 3.05) is 43.1 Å². The van der Waals surface area contributed by atoms with Crippen LogP contribution in [0.5, 0.6) is 0 Å².